The smallest absolute Gasteiger partial charge is 0.0945 e. The molecular formula is C9H11F. The summed E-state index contributed by atoms with van der Waals surface area (Å²) in [6, 6.07) is 8.48. The first-order valence-electron chi connectivity index (χ1n) is 3.44. The van der Waals surface area contributed by atoms with Crippen molar-refractivity contribution in [3.8, 4) is 11.1 Å². The molecule has 1 heteroatoms. The standard InChI is InChI=1S/C6H4.C3H7F/c1-2-6-4-3-5(1)6;1-3(2)4/h1-4H;3H,1-2H3. The number of hydrogen-bond acceptors (Lipinski definition) is 0. The molecule has 0 atom stereocenters. The molecule has 0 aliphatic heterocycles. The molecule has 2 aliphatic rings. The summed E-state index contributed by atoms with van der Waals surface area (Å²) in [6.07, 6.45) is -0.667. The Hall–Kier alpha value is -0.850. The van der Waals surface area contributed by atoms with Gasteiger partial charge in [-0.05, 0) is 25.0 Å². The second kappa shape index (κ2) is 2.82. The highest BCUT2D eigenvalue weighted by atomic mass is 19.1. The van der Waals surface area contributed by atoms with Crippen LogP contribution in [-0.4, -0.2) is 6.17 Å². The highest BCUT2D eigenvalue weighted by molar-refractivity contribution is 5.75. The first kappa shape index (κ1) is 7.26. The molecule has 0 aromatic rings. The van der Waals surface area contributed by atoms with Gasteiger partial charge in [0, 0.05) is 0 Å². The number of alkyl halides is 1. The van der Waals surface area contributed by atoms with E-state index in [-0.39, 0.29) is 0 Å². The lowest BCUT2D eigenvalue weighted by molar-refractivity contribution is 0.391. The zero-order valence-electron chi connectivity index (χ0n) is 6.26. The van der Waals surface area contributed by atoms with Gasteiger partial charge in [-0.2, -0.15) is 0 Å². The van der Waals surface area contributed by atoms with Crippen LogP contribution >= 0.6 is 0 Å². The fourth-order valence-electron chi connectivity index (χ4n) is 0.663. The number of benzene rings is 1. The molecule has 2 rings (SSSR count). The Morgan fingerprint density at radius 2 is 1.20 bits per heavy atom. The van der Waals surface area contributed by atoms with E-state index in [0.29, 0.717) is 0 Å². The molecule has 0 N–H and O–H groups in total. The second-order valence-corrected chi connectivity index (χ2v) is 2.59. The quantitative estimate of drug-likeness (QED) is 0.525. The predicted octanol–water partition coefficient (Wildman–Crippen LogP) is 3.03. The lowest BCUT2D eigenvalue weighted by Gasteiger charge is -2.10. The minimum absolute atomic E-state index is 0.667. The molecule has 0 unspecified atom stereocenters. The third kappa shape index (κ3) is 1.56. The van der Waals surface area contributed by atoms with Crippen molar-refractivity contribution in [3.05, 3.63) is 24.3 Å². The Balaban J connectivity index is 0.000000112. The van der Waals surface area contributed by atoms with E-state index in [4.69, 9.17) is 0 Å². The second-order valence-electron chi connectivity index (χ2n) is 2.59. The Kier molecular flexibility index (Phi) is 2.05. The van der Waals surface area contributed by atoms with Crippen LogP contribution < -0.4 is 0 Å². The third-order valence-corrected chi connectivity index (χ3v) is 1.22. The van der Waals surface area contributed by atoms with Crippen molar-refractivity contribution >= 4 is 0 Å². The highest BCUT2D eigenvalue weighted by Gasteiger charge is 2.03. The van der Waals surface area contributed by atoms with Crippen LogP contribution in [0.3, 0.4) is 0 Å². The molecule has 0 saturated heterocycles. The van der Waals surface area contributed by atoms with E-state index in [2.05, 4.69) is 24.3 Å². The van der Waals surface area contributed by atoms with Gasteiger partial charge in [-0.25, -0.2) is 4.39 Å². The lowest BCUT2D eigenvalue weighted by atomic mass is 9.95. The van der Waals surface area contributed by atoms with E-state index in [0.717, 1.165) is 0 Å². The molecule has 0 aromatic carbocycles. The maximum absolute atomic E-state index is 11.0. The summed E-state index contributed by atoms with van der Waals surface area (Å²) in [5.74, 6) is 0. The molecule has 0 saturated carbocycles. The number of rotatable bonds is 0. The third-order valence-electron chi connectivity index (χ3n) is 1.22. The molecule has 0 aromatic heterocycles. The zero-order chi connectivity index (χ0) is 7.56. The lowest BCUT2D eigenvalue weighted by Crippen LogP contribution is -1.85. The summed E-state index contributed by atoms with van der Waals surface area (Å²) in [6.45, 7) is 3.00. The number of fused-ring (bicyclic) bond motifs is 1. The molecule has 0 spiro atoms. The Morgan fingerprint density at radius 3 is 1.20 bits per heavy atom. The van der Waals surface area contributed by atoms with Gasteiger partial charge in [-0.1, -0.05) is 24.3 Å². The predicted molar refractivity (Wildman–Crippen MR) is 41.7 cm³/mol. The molecule has 2 aliphatic carbocycles. The van der Waals surface area contributed by atoms with E-state index in [1.54, 1.807) is 0 Å². The molecule has 54 valence electrons. The van der Waals surface area contributed by atoms with Gasteiger partial charge in [-0.3, -0.25) is 0 Å². The summed E-state index contributed by atoms with van der Waals surface area (Å²) in [5, 5.41) is 0. The van der Waals surface area contributed by atoms with Crippen molar-refractivity contribution in [2.24, 2.45) is 0 Å². The monoisotopic (exact) mass is 138 g/mol. The minimum Gasteiger partial charge on any atom is -0.248 e. The maximum atomic E-state index is 11.0. The van der Waals surface area contributed by atoms with Crippen molar-refractivity contribution in [1.29, 1.82) is 0 Å². The average Bonchev–Trinajstić information content (AvgIpc) is 1.77. The van der Waals surface area contributed by atoms with Crippen LogP contribution in [0.25, 0.3) is 11.1 Å². The van der Waals surface area contributed by atoms with Crippen molar-refractivity contribution in [1.82, 2.24) is 0 Å². The van der Waals surface area contributed by atoms with Gasteiger partial charge in [0.15, 0.2) is 0 Å². The minimum atomic E-state index is -0.667. The maximum Gasteiger partial charge on any atom is 0.0945 e. The van der Waals surface area contributed by atoms with E-state index in [1.807, 2.05) is 0 Å². The molecular weight excluding hydrogens is 127 g/mol. The zero-order valence-corrected chi connectivity index (χ0v) is 6.26. The summed E-state index contributed by atoms with van der Waals surface area (Å²) in [7, 11) is 0. The van der Waals surface area contributed by atoms with Gasteiger partial charge in [0.2, 0.25) is 0 Å². The van der Waals surface area contributed by atoms with E-state index in [9.17, 15) is 4.39 Å². The van der Waals surface area contributed by atoms with Gasteiger partial charge >= 0.3 is 0 Å². The van der Waals surface area contributed by atoms with Gasteiger partial charge in [0.05, 0.1) is 6.17 Å². The van der Waals surface area contributed by atoms with E-state index >= 15 is 0 Å². The van der Waals surface area contributed by atoms with Crippen LogP contribution in [0.2, 0.25) is 0 Å². The molecule has 0 radical (unpaired) electrons. The van der Waals surface area contributed by atoms with Crippen molar-refractivity contribution in [3.63, 3.8) is 0 Å². The summed E-state index contributed by atoms with van der Waals surface area (Å²) < 4.78 is 11.0. The molecule has 10 heavy (non-hydrogen) atoms. The topological polar surface area (TPSA) is 0 Å². The Labute approximate surface area is 60.7 Å². The largest absolute Gasteiger partial charge is 0.248 e. The normalized spacial score (nSPS) is 10.4. The van der Waals surface area contributed by atoms with E-state index < -0.39 is 6.17 Å². The first-order chi connectivity index (χ1) is 4.70. The van der Waals surface area contributed by atoms with Crippen molar-refractivity contribution in [2.45, 2.75) is 20.0 Å². The number of hydrogen-bond donors (Lipinski definition) is 0. The van der Waals surface area contributed by atoms with E-state index in [1.165, 1.54) is 25.0 Å². The number of halogens is 1. The SMILES string of the molecule is CC(C)F.c1cc2ccc1-2. The Bertz CT molecular complexity index is 175. The summed E-state index contributed by atoms with van der Waals surface area (Å²) in [4.78, 5) is 0. The molecule has 0 nitrogen and oxygen atoms in total. The van der Waals surface area contributed by atoms with Crippen LogP contribution in [-0.2, 0) is 0 Å². The van der Waals surface area contributed by atoms with Gasteiger partial charge in [0.1, 0.15) is 0 Å². The average molecular weight is 138 g/mol. The van der Waals surface area contributed by atoms with Gasteiger partial charge < -0.3 is 0 Å². The fourth-order valence-corrected chi connectivity index (χ4v) is 0.663. The molecule has 0 heterocycles. The molecule has 0 fully saturated rings. The Morgan fingerprint density at radius 1 is 1.00 bits per heavy atom. The van der Waals surface area contributed by atoms with Crippen LogP contribution in [0.1, 0.15) is 13.8 Å². The molecule has 0 amide bonds. The van der Waals surface area contributed by atoms with Gasteiger partial charge in [0.25, 0.3) is 0 Å². The van der Waals surface area contributed by atoms with Crippen LogP contribution in [0, 0.1) is 0 Å². The van der Waals surface area contributed by atoms with Gasteiger partial charge in [-0.15, -0.1) is 0 Å². The van der Waals surface area contributed by atoms with Crippen LogP contribution in [0.4, 0.5) is 4.39 Å². The van der Waals surface area contributed by atoms with Crippen LogP contribution in [0.5, 0.6) is 0 Å². The van der Waals surface area contributed by atoms with Crippen molar-refractivity contribution < 1.29 is 4.39 Å². The summed E-state index contributed by atoms with van der Waals surface area (Å²) >= 11 is 0. The fraction of sp³-hybridized carbons (Fsp3) is 0.333. The van der Waals surface area contributed by atoms with Crippen molar-refractivity contribution in [2.75, 3.05) is 0 Å². The molecule has 0 bridgehead atoms. The first-order valence-corrected chi connectivity index (χ1v) is 3.44. The van der Waals surface area contributed by atoms with Crippen LogP contribution in [0.15, 0.2) is 24.3 Å². The summed E-state index contributed by atoms with van der Waals surface area (Å²) in [5.41, 5.74) is 2.85. The highest BCUT2D eigenvalue weighted by Crippen LogP contribution is 2.29.